The van der Waals surface area contributed by atoms with Crippen LogP contribution in [-0.4, -0.2) is 23.8 Å². The van der Waals surface area contributed by atoms with Gasteiger partial charge in [0.1, 0.15) is 0 Å². The van der Waals surface area contributed by atoms with E-state index in [-0.39, 0.29) is 0 Å². The molecule has 0 amide bonds. The molecule has 1 atom stereocenters. The van der Waals surface area contributed by atoms with Crippen molar-refractivity contribution in [3.8, 4) is 0 Å². The zero-order valence-electron chi connectivity index (χ0n) is 10.3. The van der Waals surface area contributed by atoms with Crippen LogP contribution in [0.3, 0.4) is 0 Å². The first-order valence-electron chi connectivity index (χ1n) is 5.81. The standard InChI is InChI=1S/C13H19Cl2NO/c1-3-6-16-9-13(2,17)8-10-4-5-11(14)12(15)7-10/h4-5,7,16-17H,3,6,8-9H2,1-2H3. The van der Waals surface area contributed by atoms with Gasteiger partial charge in [-0.1, -0.05) is 36.2 Å². The fourth-order valence-corrected chi connectivity index (χ4v) is 2.01. The highest BCUT2D eigenvalue weighted by atomic mass is 35.5. The quantitative estimate of drug-likeness (QED) is 0.781. The number of hydrogen-bond donors (Lipinski definition) is 2. The Hall–Kier alpha value is -0.280. The molecule has 1 aromatic rings. The Kier molecular flexibility index (Phi) is 5.74. The summed E-state index contributed by atoms with van der Waals surface area (Å²) >= 11 is 11.8. The fraction of sp³-hybridized carbons (Fsp3) is 0.538. The van der Waals surface area contributed by atoms with Gasteiger partial charge < -0.3 is 10.4 Å². The van der Waals surface area contributed by atoms with Gasteiger partial charge in [-0.3, -0.25) is 0 Å². The first-order valence-corrected chi connectivity index (χ1v) is 6.57. The summed E-state index contributed by atoms with van der Waals surface area (Å²) in [5, 5.41) is 14.5. The van der Waals surface area contributed by atoms with Crippen LogP contribution >= 0.6 is 23.2 Å². The summed E-state index contributed by atoms with van der Waals surface area (Å²) in [7, 11) is 0. The van der Waals surface area contributed by atoms with E-state index in [0.29, 0.717) is 23.0 Å². The van der Waals surface area contributed by atoms with E-state index in [0.717, 1.165) is 18.5 Å². The minimum atomic E-state index is -0.771. The lowest BCUT2D eigenvalue weighted by Crippen LogP contribution is -2.40. The predicted octanol–water partition coefficient (Wildman–Crippen LogP) is 3.29. The molecule has 1 rings (SSSR count). The highest BCUT2D eigenvalue weighted by Crippen LogP contribution is 2.24. The Bertz CT molecular complexity index is 366. The van der Waals surface area contributed by atoms with Crippen LogP contribution in [0.2, 0.25) is 10.0 Å². The van der Waals surface area contributed by atoms with Crippen molar-refractivity contribution in [3.05, 3.63) is 33.8 Å². The number of aliphatic hydroxyl groups is 1. The van der Waals surface area contributed by atoms with Crippen molar-refractivity contribution in [2.75, 3.05) is 13.1 Å². The summed E-state index contributed by atoms with van der Waals surface area (Å²) < 4.78 is 0. The highest BCUT2D eigenvalue weighted by Gasteiger charge is 2.20. The lowest BCUT2D eigenvalue weighted by Gasteiger charge is -2.24. The van der Waals surface area contributed by atoms with E-state index in [4.69, 9.17) is 23.2 Å². The molecule has 4 heteroatoms. The van der Waals surface area contributed by atoms with Gasteiger partial charge in [0, 0.05) is 13.0 Å². The smallest absolute Gasteiger partial charge is 0.0783 e. The van der Waals surface area contributed by atoms with Gasteiger partial charge in [-0.25, -0.2) is 0 Å². The molecule has 0 saturated heterocycles. The third-order valence-corrected chi connectivity index (χ3v) is 3.24. The lowest BCUT2D eigenvalue weighted by atomic mass is 9.96. The number of halogens is 2. The molecule has 0 spiro atoms. The second-order valence-electron chi connectivity index (χ2n) is 4.60. The SMILES string of the molecule is CCCNCC(C)(O)Cc1ccc(Cl)c(Cl)c1. The average Bonchev–Trinajstić information content (AvgIpc) is 2.23. The Morgan fingerprint density at radius 1 is 1.29 bits per heavy atom. The second-order valence-corrected chi connectivity index (χ2v) is 5.41. The Morgan fingerprint density at radius 3 is 2.59 bits per heavy atom. The maximum absolute atomic E-state index is 10.2. The van der Waals surface area contributed by atoms with E-state index in [1.54, 1.807) is 12.1 Å². The largest absolute Gasteiger partial charge is 0.389 e. The van der Waals surface area contributed by atoms with Crippen LogP contribution in [-0.2, 0) is 6.42 Å². The second kappa shape index (κ2) is 6.60. The van der Waals surface area contributed by atoms with Crippen molar-refractivity contribution in [2.24, 2.45) is 0 Å². The molecule has 1 unspecified atom stereocenters. The van der Waals surface area contributed by atoms with Crippen molar-refractivity contribution in [2.45, 2.75) is 32.3 Å². The molecular weight excluding hydrogens is 257 g/mol. The number of benzene rings is 1. The van der Waals surface area contributed by atoms with E-state index in [1.165, 1.54) is 0 Å². The first-order chi connectivity index (χ1) is 7.94. The molecule has 17 heavy (non-hydrogen) atoms. The van der Waals surface area contributed by atoms with Gasteiger partial charge in [-0.15, -0.1) is 0 Å². The Balaban J connectivity index is 2.59. The summed E-state index contributed by atoms with van der Waals surface area (Å²) in [5.74, 6) is 0. The highest BCUT2D eigenvalue weighted by molar-refractivity contribution is 6.42. The molecule has 2 N–H and O–H groups in total. The molecule has 0 aromatic heterocycles. The van der Waals surface area contributed by atoms with E-state index >= 15 is 0 Å². The number of hydrogen-bond acceptors (Lipinski definition) is 2. The van der Waals surface area contributed by atoms with E-state index in [1.807, 2.05) is 13.0 Å². The zero-order chi connectivity index (χ0) is 12.9. The molecule has 0 fully saturated rings. The van der Waals surface area contributed by atoms with Crippen LogP contribution in [0.15, 0.2) is 18.2 Å². The molecular formula is C13H19Cl2NO. The summed E-state index contributed by atoms with van der Waals surface area (Å²) in [5.41, 5.74) is 0.217. The molecule has 0 aliphatic rings. The Morgan fingerprint density at radius 2 is 2.00 bits per heavy atom. The van der Waals surface area contributed by atoms with Gasteiger partial charge in [0.2, 0.25) is 0 Å². The van der Waals surface area contributed by atoms with Crippen molar-refractivity contribution in [1.82, 2.24) is 5.32 Å². The predicted molar refractivity (Wildman–Crippen MR) is 74.0 cm³/mol. The summed E-state index contributed by atoms with van der Waals surface area (Å²) in [6, 6.07) is 5.45. The van der Waals surface area contributed by atoms with Crippen LogP contribution in [0.5, 0.6) is 0 Å². The van der Waals surface area contributed by atoms with Crippen LogP contribution < -0.4 is 5.32 Å². The van der Waals surface area contributed by atoms with Crippen molar-refractivity contribution >= 4 is 23.2 Å². The first kappa shape index (κ1) is 14.8. The third-order valence-electron chi connectivity index (χ3n) is 2.50. The van der Waals surface area contributed by atoms with E-state index < -0.39 is 5.60 Å². The summed E-state index contributed by atoms with van der Waals surface area (Å²) in [6.45, 7) is 5.40. The maximum Gasteiger partial charge on any atom is 0.0783 e. The molecule has 0 saturated carbocycles. The molecule has 96 valence electrons. The monoisotopic (exact) mass is 275 g/mol. The zero-order valence-corrected chi connectivity index (χ0v) is 11.8. The minimum absolute atomic E-state index is 0.529. The minimum Gasteiger partial charge on any atom is -0.389 e. The lowest BCUT2D eigenvalue weighted by molar-refractivity contribution is 0.0604. The van der Waals surface area contributed by atoms with Crippen LogP contribution in [0.4, 0.5) is 0 Å². The third kappa shape index (κ3) is 5.26. The molecule has 0 heterocycles. The maximum atomic E-state index is 10.2. The summed E-state index contributed by atoms with van der Waals surface area (Å²) in [6.07, 6.45) is 1.61. The van der Waals surface area contributed by atoms with Crippen LogP contribution in [0, 0.1) is 0 Å². The fourth-order valence-electron chi connectivity index (χ4n) is 1.69. The van der Waals surface area contributed by atoms with Gasteiger partial charge in [0.25, 0.3) is 0 Å². The van der Waals surface area contributed by atoms with E-state index in [2.05, 4.69) is 12.2 Å². The van der Waals surface area contributed by atoms with Crippen molar-refractivity contribution in [1.29, 1.82) is 0 Å². The van der Waals surface area contributed by atoms with Crippen molar-refractivity contribution in [3.63, 3.8) is 0 Å². The number of rotatable bonds is 6. The van der Waals surface area contributed by atoms with Crippen molar-refractivity contribution < 1.29 is 5.11 Å². The topological polar surface area (TPSA) is 32.3 Å². The molecule has 2 nitrogen and oxygen atoms in total. The number of nitrogens with one attached hydrogen (secondary N) is 1. The molecule has 0 aliphatic heterocycles. The van der Waals surface area contributed by atoms with Crippen LogP contribution in [0.25, 0.3) is 0 Å². The Labute approximate surface area is 113 Å². The van der Waals surface area contributed by atoms with E-state index in [9.17, 15) is 5.11 Å². The molecule has 1 aromatic carbocycles. The van der Waals surface area contributed by atoms with Crippen LogP contribution in [0.1, 0.15) is 25.8 Å². The van der Waals surface area contributed by atoms with Gasteiger partial charge in [-0.05, 0) is 37.6 Å². The molecule has 0 radical (unpaired) electrons. The normalized spacial score (nSPS) is 14.6. The average molecular weight is 276 g/mol. The van der Waals surface area contributed by atoms with Gasteiger partial charge in [0.15, 0.2) is 0 Å². The summed E-state index contributed by atoms with van der Waals surface area (Å²) in [4.78, 5) is 0. The molecule has 0 aliphatic carbocycles. The van der Waals surface area contributed by atoms with Gasteiger partial charge in [0.05, 0.1) is 15.6 Å². The molecule has 0 bridgehead atoms. The van der Waals surface area contributed by atoms with Gasteiger partial charge >= 0.3 is 0 Å². The van der Waals surface area contributed by atoms with Gasteiger partial charge in [-0.2, -0.15) is 0 Å².